The van der Waals surface area contributed by atoms with Crippen molar-refractivity contribution in [2.75, 3.05) is 11.9 Å². The summed E-state index contributed by atoms with van der Waals surface area (Å²) in [6.45, 7) is 0.958. The highest BCUT2D eigenvalue weighted by Crippen LogP contribution is 2.27. The molecule has 0 radical (unpaired) electrons. The normalized spacial score (nSPS) is 13.0. The third kappa shape index (κ3) is 1.77. The van der Waals surface area contributed by atoms with Crippen molar-refractivity contribution in [3.8, 4) is 16.9 Å². The summed E-state index contributed by atoms with van der Waals surface area (Å²) >= 11 is 0. The first-order valence-electron chi connectivity index (χ1n) is 6.73. The van der Waals surface area contributed by atoms with Gasteiger partial charge in [0.05, 0.1) is 17.7 Å². The molecule has 3 aromatic rings. The zero-order valence-electron chi connectivity index (χ0n) is 11.0. The molecule has 4 heteroatoms. The van der Waals surface area contributed by atoms with Gasteiger partial charge in [0, 0.05) is 30.1 Å². The van der Waals surface area contributed by atoms with E-state index >= 15 is 0 Å². The number of nitrogens with zero attached hydrogens (tertiary/aromatic N) is 3. The van der Waals surface area contributed by atoms with Crippen molar-refractivity contribution in [3.63, 3.8) is 0 Å². The summed E-state index contributed by atoms with van der Waals surface area (Å²) in [5.74, 6) is 0.998. The molecule has 0 unspecified atom stereocenters. The Bertz CT molecular complexity index is 746. The molecule has 1 aliphatic heterocycles. The average molecular weight is 262 g/mol. The summed E-state index contributed by atoms with van der Waals surface area (Å²) in [5.41, 5.74) is 4.55. The Morgan fingerprint density at radius 2 is 1.95 bits per heavy atom. The molecular formula is C16H14N4. The molecule has 20 heavy (non-hydrogen) atoms. The van der Waals surface area contributed by atoms with Gasteiger partial charge in [-0.2, -0.15) is 0 Å². The monoisotopic (exact) mass is 262 g/mol. The molecule has 4 rings (SSSR count). The maximum Gasteiger partial charge on any atom is 0.131 e. The second kappa shape index (κ2) is 4.49. The van der Waals surface area contributed by atoms with Crippen LogP contribution in [0.4, 0.5) is 5.82 Å². The van der Waals surface area contributed by atoms with Crippen molar-refractivity contribution in [3.05, 3.63) is 60.7 Å². The molecule has 1 aromatic carbocycles. The maximum absolute atomic E-state index is 4.51. The molecule has 0 saturated carbocycles. The highest BCUT2D eigenvalue weighted by atomic mass is 15.1. The quantitative estimate of drug-likeness (QED) is 0.772. The Morgan fingerprint density at radius 1 is 1.05 bits per heavy atom. The number of aromatic nitrogens is 3. The van der Waals surface area contributed by atoms with Crippen LogP contribution in [0.15, 0.2) is 55.1 Å². The van der Waals surface area contributed by atoms with Gasteiger partial charge >= 0.3 is 0 Å². The minimum atomic E-state index is 0.958. The minimum absolute atomic E-state index is 0.958. The Kier molecular flexibility index (Phi) is 2.52. The van der Waals surface area contributed by atoms with Crippen molar-refractivity contribution in [2.45, 2.75) is 6.42 Å². The maximum atomic E-state index is 4.51. The molecule has 0 atom stereocenters. The molecule has 2 aromatic heterocycles. The number of rotatable bonds is 2. The van der Waals surface area contributed by atoms with Crippen LogP contribution in [0.2, 0.25) is 0 Å². The van der Waals surface area contributed by atoms with Crippen molar-refractivity contribution in [1.29, 1.82) is 0 Å². The molecule has 1 aliphatic rings. The van der Waals surface area contributed by atoms with Crippen LogP contribution in [0.25, 0.3) is 16.9 Å². The van der Waals surface area contributed by atoms with Gasteiger partial charge in [-0.25, -0.2) is 9.97 Å². The summed E-state index contributed by atoms with van der Waals surface area (Å²) in [4.78, 5) is 8.88. The van der Waals surface area contributed by atoms with Crippen LogP contribution in [0.1, 0.15) is 5.56 Å². The van der Waals surface area contributed by atoms with Gasteiger partial charge in [-0.15, -0.1) is 0 Å². The second-order valence-corrected chi connectivity index (χ2v) is 4.87. The van der Waals surface area contributed by atoms with Gasteiger partial charge in [0.25, 0.3) is 0 Å². The summed E-state index contributed by atoms with van der Waals surface area (Å²) in [6.07, 6.45) is 6.80. The van der Waals surface area contributed by atoms with Crippen LogP contribution < -0.4 is 5.32 Å². The smallest absolute Gasteiger partial charge is 0.131 e. The molecular weight excluding hydrogens is 248 g/mol. The first-order chi connectivity index (χ1) is 9.92. The molecule has 0 fully saturated rings. The Balaban J connectivity index is 1.78. The third-order valence-electron chi connectivity index (χ3n) is 3.63. The van der Waals surface area contributed by atoms with Crippen LogP contribution >= 0.6 is 0 Å². The van der Waals surface area contributed by atoms with Gasteiger partial charge in [-0.1, -0.05) is 30.3 Å². The SMILES string of the molecule is c1ccc(-c2cn(-c3ccnc4c3CCN4)cn2)cc1. The fourth-order valence-electron chi connectivity index (χ4n) is 2.64. The molecule has 0 saturated heterocycles. The van der Waals surface area contributed by atoms with Gasteiger partial charge in [0.2, 0.25) is 0 Å². The standard InChI is InChI=1S/C16H14N4/c1-2-4-12(5-3-1)14-10-20(11-19-14)15-7-9-18-16-13(15)6-8-17-16/h1-5,7,9-11H,6,8H2,(H,17,18). The molecule has 3 heterocycles. The Hall–Kier alpha value is -2.62. The summed E-state index contributed by atoms with van der Waals surface area (Å²) in [6, 6.07) is 12.3. The number of benzene rings is 1. The largest absolute Gasteiger partial charge is 0.369 e. The van der Waals surface area contributed by atoms with Crippen LogP contribution in [-0.4, -0.2) is 21.1 Å². The van der Waals surface area contributed by atoms with Gasteiger partial charge in [0.1, 0.15) is 5.82 Å². The van der Waals surface area contributed by atoms with E-state index in [1.165, 1.54) is 5.56 Å². The van der Waals surface area contributed by atoms with E-state index in [0.29, 0.717) is 0 Å². The molecule has 98 valence electrons. The number of fused-ring (bicyclic) bond motifs is 1. The van der Waals surface area contributed by atoms with Gasteiger partial charge in [0.15, 0.2) is 0 Å². The van der Waals surface area contributed by atoms with Crippen LogP contribution in [-0.2, 0) is 6.42 Å². The second-order valence-electron chi connectivity index (χ2n) is 4.87. The minimum Gasteiger partial charge on any atom is -0.369 e. The lowest BCUT2D eigenvalue weighted by Gasteiger charge is -2.07. The zero-order valence-corrected chi connectivity index (χ0v) is 11.0. The lowest BCUT2D eigenvalue weighted by molar-refractivity contribution is 1.01. The highest BCUT2D eigenvalue weighted by molar-refractivity contribution is 5.62. The van der Waals surface area contributed by atoms with E-state index in [-0.39, 0.29) is 0 Å². The molecule has 4 nitrogen and oxygen atoms in total. The first-order valence-corrected chi connectivity index (χ1v) is 6.73. The van der Waals surface area contributed by atoms with Crippen LogP contribution in [0, 0.1) is 0 Å². The van der Waals surface area contributed by atoms with E-state index in [0.717, 1.165) is 35.7 Å². The fraction of sp³-hybridized carbons (Fsp3) is 0.125. The van der Waals surface area contributed by atoms with E-state index in [1.807, 2.05) is 36.8 Å². The van der Waals surface area contributed by atoms with Crippen LogP contribution in [0.3, 0.4) is 0 Å². The van der Waals surface area contributed by atoms with Gasteiger partial charge in [-0.05, 0) is 12.5 Å². The summed E-state index contributed by atoms with van der Waals surface area (Å²) in [5, 5.41) is 3.30. The van der Waals surface area contributed by atoms with Crippen molar-refractivity contribution >= 4 is 5.82 Å². The number of hydrogen-bond donors (Lipinski definition) is 1. The molecule has 0 bridgehead atoms. The van der Waals surface area contributed by atoms with Crippen LogP contribution in [0.5, 0.6) is 0 Å². The fourth-order valence-corrected chi connectivity index (χ4v) is 2.64. The predicted octanol–water partition coefficient (Wildman–Crippen LogP) is 2.90. The first kappa shape index (κ1) is 11.2. The zero-order chi connectivity index (χ0) is 13.4. The summed E-state index contributed by atoms with van der Waals surface area (Å²) in [7, 11) is 0. The Labute approximate surface area is 117 Å². The number of anilines is 1. The van der Waals surface area contributed by atoms with E-state index in [2.05, 4.69) is 38.2 Å². The molecule has 1 N–H and O–H groups in total. The van der Waals surface area contributed by atoms with Gasteiger partial charge < -0.3 is 9.88 Å². The topological polar surface area (TPSA) is 42.7 Å². The van der Waals surface area contributed by atoms with E-state index < -0.39 is 0 Å². The third-order valence-corrected chi connectivity index (χ3v) is 3.63. The van der Waals surface area contributed by atoms with Gasteiger partial charge in [-0.3, -0.25) is 0 Å². The molecule has 0 spiro atoms. The highest BCUT2D eigenvalue weighted by Gasteiger charge is 2.16. The van der Waals surface area contributed by atoms with Crippen molar-refractivity contribution in [1.82, 2.24) is 14.5 Å². The number of hydrogen-bond acceptors (Lipinski definition) is 3. The average Bonchev–Trinajstić information content (AvgIpc) is 3.17. The van der Waals surface area contributed by atoms with E-state index in [9.17, 15) is 0 Å². The Morgan fingerprint density at radius 3 is 2.85 bits per heavy atom. The number of imidazole rings is 1. The lowest BCUT2D eigenvalue weighted by atomic mass is 10.1. The predicted molar refractivity (Wildman–Crippen MR) is 79.0 cm³/mol. The van der Waals surface area contributed by atoms with E-state index in [1.54, 1.807) is 0 Å². The molecule has 0 aliphatic carbocycles. The lowest BCUT2D eigenvalue weighted by Crippen LogP contribution is -1.96. The number of pyridine rings is 1. The number of nitrogens with one attached hydrogen (secondary N) is 1. The summed E-state index contributed by atoms with van der Waals surface area (Å²) < 4.78 is 2.08. The van der Waals surface area contributed by atoms with Crippen molar-refractivity contribution < 1.29 is 0 Å². The molecule has 0 amide bonds. The van der Waals surface area contributed by atoms with E-state index in [4.69, 9.17) is 0 Å². The van der Waals surface area contributed by atoms with Crippen molar-refractivity contribution in [2.24, 2.45) is 0 Å².